The van der Waals surface area contributed by atoms with E-state index in [9.17, 15) is 14.4 Å². The molecule has 0 spiro atoms. The van der Waals surface area contributed by atoms with Crippen LogP contribution in [0.15, 0.2) is 77.9 Å². The molecule has 0 radical (unpaired) electrons. The summed E-state index contributed by atoms with van der Waals surface area (Å²) < 4.78 is 5.36. The van der Waals surface area contributed by atoms with E-state index >= 15 is 0 Å². The second kappa shape index (κ2) is 11.2. The monoisotopic (exact) mass is 444 g/mol. The van der Waals surface area contributed by atoms with Crippen LogP contribution in [0, 0.1) is 6.92 Å². The van der Waals surface area contributed by atoms with E-state index in [1.54, 1.807) is 54.6 Å². The van der Waals surface area contributed by atoms with Gasteiger partial charge in [-0.2, -0.15) is 5.10 Å². The fraction of sp³-hybridized carbons (Fsp3) is 0.120. The standard InChI is InChI=1S/C25H24N4O4/c1-3-33-20-13-11-18(12-14-20)16-26-29-25(32)24(31)28-22-10-5-4-9-21(22)23(30)27-19-8-6-7-17(2)15-19/h4-16H,3H2,1-2H3,(H,27,30)(H,28,31)(H,29,32). The Labute approximate surface area is 191 Å². The quantitative estimate of drug-likeness (QED) is 0.293. The molecular weight excluding hydrogens is 420 g/mol. The first kappa shape index (κ1) is 23.2. The van der Waals surface area contributed by atoms with Gasteiger partial charge in [-0.25, -0.2) is 5.43 Å². The minimum atomic E-state index is -0.967. The van der Waals surface area contributed by atoms with Crippen LogP contribution in [0.4, 0.5) is 11.4 Å². The van der Waals surface area contributed by atoms with Crippen molar-refractivity contribution in [3.05, 3.63) is 89.5 Å². The maximum Gasteiger partial charge on any atom is 0.329 e. The van der Waals surface area contributed by atoms with Crippen LogP contribution in [0.1, 0.15) is 28.4 Å². The molecule has 0 heterocycles. The number of aryl methyl sites for hydroxylation is 1. The lowest BCUT2D eigenvalue weighted by Crippen LogP contribution is -2.33. The number of nitrogens with zero attached hydrogens (tertiary/aromatic N) is 1. The molecule has 0 atom stereocenters. The van der Waals surface area contributed by atoms with Gasteiger partial charge < -0.3 is 15.4 Å². The minimum absolute atomic E-state index is 0.207. The highest BCUT2D eigenvalue weighted by Gasteiger charge is 2.17. The Morgan fingerprint density at radius 2 is 1.67 bits per heavy atom. The van der Waals surface area contributed by atoms with Crippen LogP contribution in [0.2, 0.25) is 0 Å². The van der Waals surface area contributed by atoms with E-state index < -0.39 is 17.7 Å². The van der Waals surface area contributed by atoms with E-state index in [-0.39, 0.29) is 11.3 Å². The Morgan fingerprint density at radius 1 is 0.909 bits per heavy atom. The molecule has 0 aliphatic heterocycles. The first-order valence-corrected chi connectivity index (χ1v) is 10.3. The Hall–Kier alpha value is -4.46. The number of carbonyl (C=O) groups excluding carboxylic acids is 3. The zero-order chi connectivity index (χ0) is 23.6. The van der Waals surface area contributed by atoms with Crippen molar-refractivity contribution >= 4 is 35.3 Å². The van der Waals surface area contributed by atoms with Crippen LogP contribution < -0.4 is 20.8 Å². The van der Waals surface area contributed by atoms with Gasteiger partial charge in [-0.15, -0.1) is 0 Å². The zero-order valence-corrected chi connectivity index (χ0v) is 18.3. The first-order valence-electron chi connectivity index (χ1n) is 10.3. The largest absolute Gasteiger partial charge is 0.494 e. The van der Waals surface area contributed by atoms with Gasteiger partial charge in [0.25, 0.3) is 5.91 Å². The predicted molar refractivity (Wildman–Crippen MR) is 128 cm³/mol. The molecule has 3 N–H and O–H groups in total. The highest BCUT2D eigenvalue weighted by molar-refractivity contribution is 6.40. The fourth-order valence-electron chi connectivity index (χ4n) is 2.92. The molecule has 0 aliphatic rings. The van der Waals surface area contributed by atoms with E-state index in [1.165, 1.54) is 6.21 Å². The second-order valence-electron chi connectivity index (χ2n) is 7.02. The van der Waals surface area contributed by atoms with Gasteiger partial charge in [0.2, 0.25) is 0 Å². The number of hydrazone groups is 1. The molecule has 0 bridgehead atoms. The number of amides is 3. The van der Waals surface area contributed by atoms with Gasteiger partial charge >= 0.3 is 11.8 Å². The Kier molecular flexibility index (Phi) is 7.91. The summed E-state index contributed by atoms with van der Waals surface area (Å²) in [7, 11) is 0. The summed E-state index contributed by atoms with van der Waals surface area (Å²) in [6.07, 6.45) is 1.41. The number of benzene rings is 3. The molecule has 0 saturated heterocycles. The summed E-state index contributed by atoms with van der Waals surface area (Å²) in [5.41, 5.74) is 4.94. The van der Waals surface area contributed by atoms with Crippen molar-refractivity contribution < 1.29 is 19.1 Å². The minimum Gasteiger partial charge on any atom is -0.494 e. The third kappa shape index (κ3) is 6.76. The number of carbonyl (C=O) groups is 3. The smallest absolute Gasteiger partial charge is 0.329 e. The van der Waals surface area contributed by atoms with E-state index in [0.29, 0.717) is 12.3 Å². The number of ether oxygens (including phenoxy) is 1. The number of anilines is 2. The van der Waals surface area contributed by atoms with Crippen molar-refractivity contribution in [2.24, 2.45) is 5.10 Å². The third-order valence-electron chi connectivity index (χ3n) is 4.47. The van der Waals surface area contributed by atoms with Crippen LogP contribution in [-0.4, -0.2) is 30.5 Å². The highest BCUT2D eigenvalue weighted by atomic mass is 16.5. The molecule has 0 unspecified atom stereocenters. The second-order valence-corrected chi connectivity index (χ2v) is 7.02. The SMILES string of the molecule is CCOc1ccc(C=NNC(=O)C(=O)Nc2ccccc2C(=O)Nc2cccc(C)c2)cc1. The summed E-state index contributed by atoms with van der Waals surface area (Å²) in [5.74, 6) is -1.60. The lowest BCUT2D eigenvalue weighted by Gasteiger charge is -2.11. The van der Waals surface area contributed by atoms with Gasteiger partial charge in [0.1, 0.15) is 5.75 Å². The van der Waals surface area contributed by atoms with E-state index in [1.807, 2.05) is 32.0 Å². The van der Waals surface area contributed by atoms with E-state index in [0.717, 1.165) is 16.9 Å². The Balaban J connectivity index is 1.60. The maximum atomic E-state index is 12.7. The molecule has 3 aromatic rings. The molecule has 0 saturated carbocycles. The molecule has 3 aromatic carbocycles. The van der Waals surface area contributed by atoms with E-state index in [2.05, 4.69) is 21.2 Å². The van der Waals surface area contributed by atoms with Crippen molar-refractivity contribution in [1.29, 1.82) is 0 Å². The average molecular weight is 444 g/mol. The molecule has 0 fully saturated rings. The summed E-state index contributed by atoms with van der Waals surface area (Å²) in [6, 6.07) is 20.9. The Bertz CT molecular complexity index is 1170. The van der Waals surface area contributed by atoms with Gasteiger partial charge in [0, 0.05) is 5.69 Å². The lowest BCUT2D eigenvalue weighted by atomic mass is 10.1. The topological polar surface area (TPSA) is 109 Å². The molecule has 8 nitrogen and oxygen atoms in total. The molecule has 3 amide bonds. The third-order valence-corrected chi connectivity index (χ3v) is 4.47. The van der Waals surface area contributed by atoms with Gasteiger partial charge in [-0.3, -0.25) is 14.4 Å². The number of para-hydroxylation sites is 1. The number of nitrogens with one attached hydrogen (secondary N) is 3. The summed E-state index contributed by atoms with van der Waals surface area (Å²) in [5, 5.41) is 9.04. The highest BCUT2D eigenvalue weighted by Crippen LogP contribution is 2.18. The summed E-state index contributed by atoms with van der Waals surface area (Å²) in [4.78, 5) is 37.1. The zero-order valence-electron chi connectivity index (χ0n) is 18.3. The molecule has 0 aromatic heterocycles. The number of hydrogen-bond donors (Lipinski definition) is 3. The molecule has 33 heavy (non-hydrogen) atoms. The van der Waals surface area contributed by atoms with Crippen LogP contribution in [-0.2, 0) is 9.59 Å². The van der Waals surface area contributed by atoms with Gasteiger partial charge in [0.05, 0.1) is 24.1 Å². The molecular formula is C25H24N4O4. The lowest BCUT2D eigenvalue weighted by molar-refractivity contribution is -0.136. The summed E-state index contributed by atoms with van der Waals surface area (Å²) >= 11 is 0. The van der Waals surface area contributed by atoms with Crippen LogP contribution >= 0.6 is 0 Å². The van der Waals surface area contributed by atoms with Crippen molar-refractivity contribution in [2.75, 3.05) is 17.2 Å². The molecule has 0 aliphatic carbocycles. The molecule has 3 rings (SSSR count). The Morgan fingerprint density at radius 3 is 2.39 bits per heavy atom. The maximum absolute atomic E-state index is 12.7. The normalized spacial score (nSPS) is 10.5. The molecule has 8 heteroatoms. The van der Waals surface area contributed by atoms with Crippen LogP contribution in [0.3, 0.4) is 0 Å². The first-order chi connectivity index (χ1) is 16.0. The van der Waals surface area contributed by atoms with Crippen LogP contribution in [0.25, 0.3) is 0 Å². The average Bonchev–Trinajstić information content (AvgIpc) is 2.80. The number of hydrogen-bond acceptors (Lipinski definition) is 5. The van der Waals surface area contributed by atoms with Gasteiger partial charge in [0.15, 0.2) is 0 Å². The van der Waals surface area contributed by atoms with Crippen molar-refractivity contribution in [3.63, 3.8) is 0 Å². The predicted octanol–water partition coefficient (Wildman–Crippen LogP) is 3.73. The van der Waals surface area contributed by atoms with Gasteiger partial charge in [-0.1, -0.05) is 24.3 Å². The summed E-state index contributed by atoms with van der Waals surface area (Å²) in [6.45, 7) is 4.38. The van der Waals surface area contributed by atoms with Crippen molar-refractivity contribution in [2.45, 2.75) is 13.8 Å². The fourth-order valence-corrected chi connectivity index (χ4v) is 2.92. The van der Waals surface area contributed by atoms with Gasteiger partial charge in [-0.05, 0) is 73.5 Å². The number of rotatable bonds is 7. The van der Waals surface area contributed by atoms with Crippen molar-refractivity contribution in [1.82, 2.24) is 5.43 Å². The van der Waals surface area contributed by atoms with E-state index in [4.69, 9.17) is 4.74 Å². The molecule has 168 valence electrons. The van der Waals surface area contributed by atoms with Crippen molar-refractivity contribution in [3.8, 4) is 5.75 Å². The van der Waals surface area contributed by atoms with Crippen LogP contribution in [0.5, 0.6) is 5.75 Å².